The average molecular weight is 270 g/mol. The van der Waals surface area contributed by atoms with Gasteiger partial charge >= 0.3 is 12.0 Å². The van der Waals surface area contributed by atoms with Gasteiger partial charge in [0.1, 0.15) is 6.04 Å². The third-order valence-electron chi connectivity index (χ3n) is 4.12. The number of carboxylic acids is 1. The third kappa shape index (κ3) is 4.11. The first-order chi connectivity index (χ1) is 9.01. The first-order valence-corrected chi connectivity index (χ1v) is 7.31. The molecular formula is C14H26N2O3. The van der Waals surface area contributed by atoms with Crippen molar-refractivity contribution in [2.45, 2.75) is 65.0 Å². The Morgan fingerprint density at radius 3 is 2.58 bits per heavy atom. The fourth-order valence-electron chi connectivity index (χ4n) is 2.59. The van der Waals surface area contributed by atoms with E-state index in [1.54, 1.807) is 0 Å². The van der Waals surface area contributed by atoms with E-state index in [9.17, 15) is 14.7 Å². The summed E-state index contributed by atoms with van der Waals surface area (Å²) in [5.74, 6) is -1.01. The molecule has 0 radical (unpaired) electrons. The van der Waals surface area contributed by atoms with Gasteiger partial charge in [0.15, 0.2) is 0 Å². The molecule has 1 saturated heterocycles. The number of piperidine rings is 1. The topological polar surface area (TPSA) is 69.6 Å². The highest BCUT2D eigenvalue weighted by molar-refractivity contribution is 5.83. The molecule has 0 saturated carbocycles. The fourth-order valence-corrected chi connectivity index (χ4v) is 2.59. The van der Waals surface area contributed by atoms with Gasteiger partial charge in [0, 0.05) is 12.6 Å². The molecule has 0 aliphatic carbocycles. The summed E-state index contributed by atoms with van der Waals surface area (Å²) >= 11 is 0. The van der Waals surface area contributed by atoms with Crippen molar-refractivity contribution in [3.8, 4) is 0 Å². The summed E-state index contributed by atoms with van der Waals surface area (Å²) in [7, 11) is 0. The fraction of sp³-hybridized carbons (Fsp3) is 0.857. The minimum absolute atomic E-state index is 0.0636. The number of hydrogen-bond acceptors (Lipinski definition) is 2. The van der Waals surface area contributed by atoms with E-state index in [2.05, 4.69) is 12.2 Å². The molecule has 1 heterocycles. The molecule has 1 aliphatic rings. The van der Waals surface area contributed by atoms with Crippen LogP contribution in [0.2, 0.25) is 0 Å². The number of carbonyl (C=O) groups excluding carboxylic acids is 1. The Kier molecular flexibility index (Phi) is 6.12. The van der Waals surface area contributed by atoms with Crippen LogP contribution in [0.5, 0.6) is 0 Å². The summed E-state index contributed by atoms with van der Waals surface area (Å²) in [5, 5.41) is 11.9. The number of aliphatic carboxylic acids is 1. The van der Waals surface area contributed by atoms with Gasteiger partial charge in [0.05, 0.1) is 0 Å². The number of urea groups is 1. The normalized spacial score (nSPS) is 22.7. The number of amides is 2. The summed E-state index contributed by atoms with van der Waals surface area (Å²) in [6.07, 6.45) is 4.83. The summed E-state index contributed by atoms with van der Waals surface area (Å²) in [4.78, 5) is 25.3. The Hall–Kier alpha value is -1.26. The van der Waals surface area contributed by atoms with Crippen LogP contribution in [0.15, 0.2) is 0 Å². The lowest BCUT2D eigenvalue weighted by atomic mass is 9.98. The van der Waals surface area contributed by atoms with E-state index in [0.29, 0.717) is 0 Å². The zero-order valence-electron chi connectivity index (χ0n) is 12.2. The predicted molar refractivity (Wildman–Crippen MR) is 74.0 cm³/mol. The molecule has 5 heteroatoms. The zero-order valence-corrected chi connectivity index (χ0v) is 12.2. The second-order valence-electron chi connectivity index (χ2n) is 5.40. The molecule has 5 nitrogen and oxygen atoms in total. The molecule has 110 valence electrons. The smallest absolute Gasteiger partial charge is 0.326 e. The zero-order chi connectivity index (χ0) is 14.4. The van der Waals surface area contributed by atoms with Crippen LogP contribution in [-0.2, 0) is 4.79 Å². The SMILES string of the molecule is CC[C@H]1CCCCN1C(=O)N[C@H](C(=O)O)[C@H](C)CC. The minimum atomic E-state index is -0.951. The van der Waals surface area contributed by atoms with E-state index in [0.717, 1.165) is 38.6 Å². The molecule has 2 amide bonds. The van der Waals surface area contributed by atoms with Crippen LogP contribution < -0.4 is 5.32 Å². The Morgan fingerprint density at radius 1 is 1.37 bits per heavy atom. The molecule has 0 unspecified atom stereocenters. The van der Waals surface area contributed by atoms with Gasteiger partial charge in [0.25, 0.3) is 0 Å². The molecule has 0 spiro atoms. The van der Waals surface area contributed by atoms with E-state index in [1.807, 2.05) is 18.7 Å². The average Bonchev–Trinajstić information content (AvgIpc) is 2.43. The standard InChI is InChI=1S/C14H26N2O3/c1-4-10(3)12(13(17)18)15-14(19)16-9-7-6-8-11(16)5-2/h10-12H,4-9H2,1-3H3,(H,15,19)(H,17,18)/t10-,11+,12+/m1/s1. The number of likely N-dealkylation sites (tertiary alicyclic amines) is 1. The highest BCUT2D eigenvalue weighted by atomic mass is 16.4. The van der Waals surface area contributed by atoms with Crippen LogP contribution in [-0.4, -0.2) is 40.6 Å². The van der Waals surface area contributed by atoms with Crippen molar-refractivity contribution in [3.63, 3.8) is 0 Å². The molecule has 1 fully saturated rings. The molecule has 1 rings (SSSR count). The van der Waals surface area contributed by atoms with Crippen molar-refractivity contribution in [2.24, 2.45) is 5.92 Å². The second kappa shape index (κ2) is 7.36. The highest BCUT2D eigenvalue weighted by Gasteiger charge is 2.30. The quantitative estimate of drug-likeness (QED) is 0.806. The maximum atomic E-state index is 12.3. The largest absolute Gasteiger partial charge is 0.480 e. The van der Waals surface area contributed by atoms with Crippen LogP contribution in [0, 0.1) is 5.92 Å². The Balaban J connectivity index is 2.67. The monoisotopic (exact) mass is 270 g/mol. The molecular weight excluding hydrogens is 244 g/mol. The number of rotatable bonds is 5. The van der Waals surface area contributed by atoms with Crippen LogP contribution in [0.3, 0.4) is 0 Å². The molecule has 1 aliphatic heterocycles. The highest BCUT2D eigenvalue weighted by Crippen LogP contribution is 2.20. The van der Waals surface area contributed by atoms with Crippen molar-refractivity contribution in [2.75, 3.05) is 6.54 Å². The summed E-state index contributed by atoms with van der Waals surface area (Å²) < 4.78 is 0. The van der Waals surface area contributed by atoms with E-state index < -0.39 is 12.0 Å². The third-order valence-corrected chi connectivity index (χ3v) is 4.12. The maximum Gasteiger partial charge on any atom is 0.326 e. The van der Waals surface area contributed by atoms with Crippen LogP contribution in [0.25, 0.3) is 0 Å². The van der Waals surface area contributed by atoms with Gasteiger partial charge in [-0.25, -0.2) is 9.59 Å². The van der Waals surface area contributed by atoms with Crippen LogP contribution in [0.4, 0.5) is 4.79 Å². The number of carbonyl (C=O) groups is 2. The van der Waals surface area contributed by atoms with Gasteiger partial charge in [-0.15, -0.1) is 0 Å². The van der Waals surface area contributed by atoms with Gasteiger partial charge in [-0.05, 0) is 31.6 Å². The molecule has 0 bridgehead atoms. The number of nitrogens with zero attached hydrogens (tertiary/aromatic N) is 1. The summed E-state index contributed by atoms with van der Waals surface area (Å²) in [5.41, 5.74) is 0. The molecule has 0 aromatic rings. The minimum Gasteiger partial charge on any atom is -0.480 e. The Morgan fingerprint density at radius 2 is 2.05 bits per heavy atom. The van der Waals surface area contributed by atoms with Crippen molar-refractivity contribution >= 4 is 12.0 Å². The predicted octanol–water partition coefficient (Wildman–Crippen LogP) is 2.46. The lowest BCUT2D eigenvalue weighted by Crippen LogP contribution is -2.54. The lowest BCUT2D eigenvalue weighted by Gasteiger charge is -2.36. The molecule has 0 aromatic carbocycles. The molecule has 19 heavy (non-hydrogen) atoms. The van der Waals surface area contributed by atoms with Crippen molar-refractivity contribution in [1.82, 2.24) is 10.2 Å². The first kappa shape index (κ1) is 15.8. The molecule has 3 atom stereocenters. The van der Waals surface area contributed by atoms with Gasteiger partial charge < -0.3 is 15.3 Å². The van der Waals surface area contributed by atoms with Crippen molar-refractivity contribution < 1.29 is 14.7 Å². The Labute approximate surface area is 115 Å². The van der Waals surface area contributed by atoms with E-state index in [-0.39, 0.29) is 18.0 Å². The van der Waals surface area contributed by atoms with E-state index in [1.165, 1.54) is 0 Å². The molecule has 2 N–H and O–H groups in total. The number of nitrogens with one attached hydrogen (secondary N) is 1. The maximum absolute atomic E-state index is 12.3. The van der Waals surface area contributed by atoms with Gasteiger partial charge in [-0.2, -0.15) is 0 Å². The second-order valence-corrected chi connectivity index (χ2v) is 5.40. The summed E-state index contributed by atoms with van der Waals surface area (Å²) in [6, 6.07) is -0.767. The van der Waals surface area contributed by atoms with Crippen LogP contribution >= 0.6 is 0 Å². The van der Waals surface area contributed by atoms with Crippen molar-refractivity contribution in [1.29, 1.82) is 0 Å². The first-order valence-electron chi connectivity index (χ1n) is 7.31. The van der Waals surface area contributed by atoms with E-state index >= 15 is 0 Å². The van der Waals surface area contributed by atoms with Gasteiger partial charge in [-0.3, -0.25) is 0 Å². The summed E-state index contributed by atoms with van der Waals surface area (Å²) in [6.45, 7) is 6.59. The Bertz CT molecular complexity index is 320. The van der Waals surface area contributed by atoms with Gasteiger partial charge in [0.2, 0.25) is 0 Å². The van der Waals surface area contributed by atoms with E-state index in [4.69, 9.17) is 0 Å². The number of hydrogen-bond donors (Lipinski definition) is 2. The lowest BCUT2D eigenvalue weighted by molar-refractivity contribution is -0.140. The van der Waals surface area contributed by atoms with Crippen molar-refractivity contribution in [3.05, 3.63) is 0 Å². The number of carboxylic acid groups (broad SMARTS) is 1. The van der Waals surface area contributed by atoms with Crippen LogP contribution in [0.1, 0.15) is 52.9 Å². The molecule has 0 aromatic heterocycles. The van der Waals surface area contributed by atoms with Gasteiger partial charge in [-0.1, -0.05) is 27.2 Å².